The Bertz CT molecular complexity index is 939. The molecule has 0 aromatic heterocycles. The maximum absolute atomic E-state index is 13.3. The van der Waals surface area contributed by atoms with E-state index in [1.165, 1.54) is 0 Å². The van der Waals surface area contributed by atoms with E-state index in [1.54, 1.807) is 19.1 Å². The number of nitrogens with one attached hydrogen (secondary N) is 1. The van der Waals surface area contributed by atoms with Crippen molar-refractivity contribution in [1.29, 1.82) is 0 Å². The molecule has 1 heterocycles. The molecule has 6 heteroatoms. The van der Waals surface area contributed by atoms with Crippen molar-refractivity contribution in [2.75, 3.05) is 25.7 Å². The third kappa shape index (κ3) is 5.23. The highest BCUT2D eigenvalue weighted by Crippen LogP contribution is 2.42. The van der Waals surface area contributed by atoms with E-state index < -0.39 is 6.04 Å². The zero-order valence-electron chi connectivity index (χ0n) is 19.7. The minimum absolute atomic E-state index is 0.0138. The van der Waals surface area contributed by atoms with E-state index in [-0.39, 0.29) is 17.7 Å². The molecule has 2 aromatic rings. The number of rotatable bonds is 8. The minimum atomic E-state index is -0.433. The molecule has 1 N–H and O–H groups in total. The lowest BCUT2D eigenvalue weighted by atomic mass is 9.83. The molecule has 0 unspecified atom stereocenters. The lowest BCUT2D eigenvalue weighted by Crippen LogP contribution is -2.48. The van der Waals surface area contributed by atoms with Gasteiger partial charge in [0.2, 0.25) is 11.8 Å². The summed E-state index contributed by atoms with van der Waals surface area (Å²) < 4.78 is 10.9. The van der Waals surface area contributed by atoms with Crippen molar-refractivity contribution in [2.45, 2.75) is 46.1 Å². The maximum Gasteiger partial charge on any atom is 0.227 e. The van der Waals surface area contributed by atoms with Crippen LogP contribution in [0.2, 0.25) is 0 Å². The normalized spacial score (nSPS) is 18.6. The second-order valence-corrected chi connectivity index (χ2v) is 8.78. The summed E-state index contributed by atoms with van der Waals surface area (Å²) >= 11 is 0. The Hall–Kier alpha value is -3.02. The standard InChI is InChI=1S/C26H34N2O4/c1-17(2)14-15-27-26(30)21-11-13-24(29)28(20-9-6-18(3)7-10-20)25(21)19-8-12-22(31-4)23(16-19)32-5/h6-10,12,16-17,21,25H,11,13-15H2,1-5H3,(H,27,30)/t21-,25-/m1/s1. The van der Waals surface area contributed by atoms with E-state index in [0.717, 1.165) is 23.2 Å². The van der Waals surface area contributed by atoms with Crippen molar-refractivity contribution in [3.8, 4) is 11.5 Å². The van der Waals surface area contributed by atoms with Crippen LogP contribution in [0.25, 0.3) is 0 Å². The molecule has 2 atom stereocenters. The summed E-state index contributed by atoms with van der Waals surface area (Å²) in [7, 11) is 3.17. The predicted molar refractivity (Wildman–Crippen MR) is 126 cm³/mol. The van der Waals surface area contributed by atoms with E-state index in [4.69, 9.17) is 9.47 Å². The average molecular weight is 439 g/mol. The Morgan fingerprint density at radius 2 is 1.78 bits per heavy atom. The zero-order chi connectivity index (χ0) is 23.3. The SMILES string of the molecule is COc1ccc([C@@H]2[C@H](C(=O)NCCC(C)C)CCC(=O)N2c2ccc(C)cc2)cc1OC. The fourth-order valence-corrected chi connectivity index (χ4v) is 4.21. The number of aryl methyl sites for hydroxylation is 1. The number of benzene rings is 2. The van der Waals surface area contributed by atoms with Gasteiger partial charge >= 0.3 is 0 Å². The van der Waals surface area contributed by atoms with E-state index in [0.29, 0.717) is 36.8 Å². The summed E-state index contributed by atoms with van der Waals surface area (Å²) in [5.41, 5.74) is 2.75. The molecular formula is C26H34N2O4. The minimum Gasteiger partial charge on any atom is -0.493 e. The summed E-state index contributed by atoms with van der Waals surface area (Å²) in [6.07, 6.45) is 1.76. The van der Waals surface area contributed by atoms with Gasteiger partial charge in [-0.15, -0.1) is 0 Å². The number of hydrogen-bond acceptors (Lipinski definition) is 4. The fraction of sp³-hybridized carbons (Fsp3) is 0.462. The van der Waals surface area contributed by atoms with Crippen LogP contribution in [0.3, 0.4) is 0 Å². The van der Waals surface area contributed by atoms with Crippen LogP contribution in [0, 0.1) is 18.8 Å². The first kappa shape index (κ1) is 23.6. The molecule has 0 spiro atoms. The van der Waals surface area contributed by atoms with Crippen molar-refractivity contribution >= 4 is 17.5 Å². The van der Waals surface area contributed by atoms with Gasteiger partial charge in [-0.2, -0.15) is 0 Å². The molecule has 0 saturated carbocycles. The van der Waals surface area contributed by atoms with Gasteiger partial charge in [-0.3, -0.25) is 9.59 Å². The fourth-order valence-electron chi connectivity index (χ4n) is 4.21. The lowest BCUT2D eigenvalue weighted by Gasteiger charge is -2.41. The largest absolute Gasteiger partial charge is 0.493 e. The number of ether oxygens (including phenoxy) is 2. The average Bonchev–Trinajstić information content (AvgIpc) is 2.78. The molecule has 2 aromatic carbocycles. The highest BCUT2D eigenvalue weighted by Gasteiger charge is 2.41. The van der Waals surface area contributed by atoms with Gasteiger partial charge in [-0.1, -0.05) is 37.6 Å². The van der Waals surface area contributed by atoms with Crippen molar-refractivity contribution in [1.82, 2.24) is 5.32 Å². The van der Waals surface area contributed by atoms with Crippen molar-refractivity contribution in [3.05, 3.63) is 53.6 Å². The molecule has 1 saturated heterocycles. The topological polar surface area (TPSA) is 67.9 Å². The molecule has 2 amide bonds. The molecule has 1 fully saturated rings. The Morgan fingerprint density at radius 3 is 2.41 bits per heavy atom. The van der Waals surface area contributed by atoms with Gasteiger partial charge in [0, 0.05) is 18.7 Å². The molecule has 32 heavy (non-hydrogen) atoms. The Kier molecular flexibility index (Phi) is 7.78. The molecule has 0 aliphatic carbocycles. The summed E-state index contributed by atoms with van der Waals surface area (Å²) in [6.45, 7) is 6.91. The summed E-state index contributed by atoms with van der Waals surface area (Å²) in [4.78, 5) is 28.2. The van der Waals surface area contributed by atoms with Gasteiger partial charge in [0.05, 0.1) is 26.2 Å². The summed E-state index contributed by atoms with van der Waals surface area (Å²) in [6, 6.07) is 13.0. The lowest BCUT2D eigenvalue weighted by molar-refractivity contribution is -0.129. The second-order valence-electron chi connectivity index (χ2n) is 8.78. The highest BCUT2D eigenvalue weighted by molar-refractivity contribution is 5.97. The smallest absolute Gasteiger partial charge is 0.227 e. The number of methoxy groups -OCH3 is 2. The van der Waals surface area contributed by atoms with Gasteiger partial charge in [0.15, 0.2) is 11.5 Å². The van der Waals surface area contributed by atoms with Gasteiger partial charge in [0.25, 0.3) is 0 Å². The summed E-state index contributed by atoms with van der Waals surface area (Å²) in [5.74, 6) is 1.33. The molecule has 0 radical (unpaired) electrons. The first-order valence-corrected chi connectivity index (χ1v) is 11.2. The highest BCUT2D eigenvalue weighted by atomic mass is 16.5. The van der Waals surface area contributed by atoms with Crippen LogP contribution in [0.15, 0.2) is 42.5 Å². The molecule has 1 aliphatic rings. The van der Waals surface area contributed by atoms with Gasteiger partial charge in [0.1, 0.15) is 0 Å². The van der Waals surface area contributed by atoms with Crippen LogP contribution in [-0.2, 0) is 9.59 Å². The zero-order valence-corrected chi connectivity index (χ0v) is 19.7. The first-order valence-electron chi connectivity index (χ1n) is 11.2. The quantitative estimate of drug-likeness (QED) is 0.651. The molecule has 0 bridgehead atoms. The van der Waals surface area contributed by atoms with Gasteiger partial charge < -0.3 is 19.7 Å². The number of anilines is 1. The number of carbonyl (C=O) groups is 2. The van der Waals surface area contributed by atoms with Gasteiger partial charge in [-0.05, 0) is 55.5 Å². The Labute approximate surface area is 190 Å². The van der Waals surface area contributed by atoms with Crippen LogP contribution in [0.5, 0.6) is 11.5 Å². The van der Waals surface area contributed by atoms with Crippen LogP contribution >= 0.6 is 0 Å². The number of piperidine rings is 1. The third-order valence-electron chi connectivity index (χ3n) is 6.02. The summed E-state index contributed by atoms with van der Waals surface area (Å²) in [5, 5.41) is 3.10. The van der Waals surface area contributed by atoms with Crippen molar-refractivity contribution < 1.29 is 19.1 Å². The molecule has 1 aliphatic heterocycles. The molecule has 3 rings (SSSR count). The number of nitrogens with zero attached hydrogens (tertiary/aromatic N) is 1. The number of carbonyl (C=O) groups excluding carboxylic acids is 2. The first-order chi connectivity index (χ1) is 15.3. The third-order valence-corrected chi connectivity index (χ3v) is 6.02. The van der Waals surface area contributed by atoms with Crippen LogP contribution in [0.1, 0.15) is 50.3 Å². The Balaban J connectivity index is 2.03. The number of amides is 2. The molecular weight excluding hydrogens is 404 g/mol. The molecule has 172 valence electrons. The predicted octanol–water partition coefficient (Wildman–Crippen LogP) is 4.66. The molecule has 6 nitrogen and oxygen atoms in total. The van der Waals surface area contributed by atoms with E-state index >= 15 is 0 Å². The van der Waals surface area contributed by atoms with E-state index in [2.05, 4.69) is 19.2 Å². The van der Waals surface area contributed by atoms with Crippen molar-refractivity contribution in [3.63, 3.8) is 0 Å². The van der Waals surface area contributed by atoms with Crippen LogP contribution in [-0.4, -0.2) is 32.6 Å². The second kappa shape index (κ2) is 10.5. The monoisotopic (exact) mass is 438 g/mol. The Morgan fingerprint density at radius 1 is 1.09 bits per heavy atom. The van der Waals surface area contributed by atoms with Crippen molar-refractivity contribution in [2.24, 2.45) is 11.8 Å². The maximum atomic E-state index is 13.3. The number of hydrogen-bond donors (Lipinski definition) is 1. The van der Waals surface area contributed by atoms with Crippen LogP contribution < -0.4 is 19.7 Å². The van der Waals surface area contributed by atoms with Crippen LogP contribution in [0.4, 0.5) is 5.69 Å². The van der Waals surface area contributed by atoms with E-state index in [9.17, 15) is 9.59 Å². The van der Waals surface area contributed by atoms with Gasteiger partial charge in [-0.25, -0.2) is 0 Å². The van der Waals surface area contributed by atoms with E-state index in [1.807, 2.05) is 49.4 Å².